The number of fused-ring (bicyclic) bond motifs is 1. The van der Waals surface area contributed by atoms with Crippen LogP contribution in [0.2, 0.25) is 0 Å². The van der Waals surface area contributed by atoms with Gasteiger partial charge in [0.25, 0.3) is 0 Å². The first-order chi connectivity index (χ1) is 12.8. The van der Waals surface area contributed by atoms with Crippen molar-refractivity contribution < 1.29 is 14.3 Å². The van der Waals surface area contributed by atoms with Gasteiger partial charge in [-0.15, -0.1) is 0 Å². The van der Waals surface area contributed by atoms with E-state index >= 15 is 0 Å². The molecule has 0 aliphatic rings. The standard InChI is InChI=1S/C19H15N3O.CO2/c1-23-15-11-9-14(10-12-15)22-18-8-3-2-6-16(18)21-19(22)17-7-4-5-13-20-17;2-1-3/h2-13H,1H3;. The van der Waals surface area contributed by atoms with Gasteiger partial charge in [0.1, 0.15) is 11.4 Å². The van der Waals surface area contributed by atoms with E-state index in [1.165, 1.54) is 0 Å². The van der Waals surface area contributed by atoms with E-state index in [1.807, 2.05) is 60.7 Å². The maximum Gasteiger partial charge on any atom is 0.373 e. The van der Waals surface area contributed by atoms with Crippen LogP contribution in [-0.2, 0) is 9.59 Å². The number of aromatic nitrogens is 3. The van der Waals surface area contributed by atoms with Crippen molar-refractivity contribution in [3.63, 3.8) is 0 Å². The smallest absolute Gasteiger partial charge is 0.373 e. The van der Waals surface area contributed by atoms with Crippen LogP contribution in [0.15, 0.2) is 72.9 Å². The minimum atomic E-state index is 0.250. The second-order valence-corrected chi connectivity index (χ2v) is 5.26. The average Bonchev–Trinajstić information content (AvgIpc) is 3.09. The lowest BCUT2D eigenvalue weighted by atomic mass is 10.2. The van der Waals surface area contributed by atoms with E-state index in [0.29, 0.717) is 0 Å². The number of hydrogen-bond acceptors (Lipinski definition) is 5. The van der Waals surface area contributed by atoms with E-state index in [1.54, 1.807) is 13.3 Å². The third kappa shape index (κ3) is 3.36. The van der Waals surface area contributed by atoms with Gasteiger partial charge in [-0.05, 0) is 48.5 Å². The van der Waals surface area contributed by atoms with Crippen molar-refractivity contribution in [1.29, 1.82) is 0 Å². The minimum absolute atomic E-state index is 0.250. The zero-order valence-corrected chi connectivity index (χ0v) is 14.0. The first kappa shape index (κ1) is 17.1. The van der Waals surface area contributed by atoms with Gasteiger partial charge in [-0.1, -0.05) is 18.2 Å². The molecular formula is C20H15N3O3. The van der Waals surface area contributed by atoms with Crippen molar-refractivity contribution in [2.24, 2.45) is 0 Å². The number of methoxy groups -OCH3 is 1. The fourth-order valence-corrected chi connectivity index (χ4v) is 2.69. The summed E-state index contributed by atoms with van der Waals surface area (Å²) in [6.45, 7) is 0. The molecule has 0 N–H and O–H groups in total. The second-order valence-electron chi connectivity index (χ2n) is 5.26. The lowest BCUT2D eigenvalue weighted by molar-refractivity contribution is -0.191. The summed E-state index contributed by atoms with van der Waals surface area (Å²) in [5.74, 6) is 1.66. The molecule has 0 saturated heterocycles. The van der Waals surface area contributed by atoms with Gasteiger partial charge >= 0.3 is 6.15 Å². The van der Waals surface area contributed by atoms with Crippen LogP contribution < -0.4 is 4.74 Å². The quantitative estimate of drug-likeness (QED) is 0.568. The molecule has 2 aromatic carbocycles. The van der Waals surface area contributed by atoms with Crippen LogP contribution in [0, 0.1) is 0 Å². The number of carbonyl (C=O) groups excluding carboxylic acids is 2. The number of rotatable bonds is 3. The lowest BCUT2D eigenvalue weighted by Crippen LogP contribution is -1.98. The molecule has 128 valence electrons. The van der Waals surface area contributed by atoms with E-state index < -0.39 is 0 Å². The van der Waals surface area contributed by atoms with E-state index in [9.17, 15) is 0 Å². The summed E-state index contributed by atoms with van der Waals surface area (Å²) in [6.07, 6.45) is 2.03. The maximum atomic E-state index is 8.12. The normalized spacial score (nSPS) is 9.88. The number of pyridine rings is 1. The van der Waals surface area contributed by atoms with Crippen LogP contribution >= 0.6 is 0 Å². The largest absolute Gasteiger partial charge is 0.497 e. The first-order valence-electron chi connectivity index (χ1n) is 7.81. The van der Waals surface area contributed by atoms with E-state index in [0.717, 1.165) is 34.0 Å². The Bertz CT molecular complexity index is 1040. The van der Waals surface area contributed by atoms with Gasteiger partial charge in [0.2, 0.25) is 0 Å². The van der Waals surface area contributed by atoms with Gasteiger partial charge in [0, 0.05) is 11.9 Å². The topological polar surface area (TPSA) is 74.1 Å². The van der Waals surface area contributed by atoms with Crippen LogP contribution in [-0.4, -0.2) is 27.8 Å². The molecule has 6 nitrogen and oxygen atoms in total. The van der Waals surface area contributed by atoms with Gasteiger partial charge in [0.05, 0.1) is 18.1 Å². The highest BCUT2D eigenvalue weighted by Gasteiger charge is 2.14. The highest BCUT2D eigenvalue weighted by atomic mass is 16.5. The number of para-hydroxylation sites is 2. The second kappa shape index (κ2) is 7.88. The molecule has 26 heavy (non-hydrogen) atoms. The Balaban J connectivity index is 0.000000613. The first-order valence-corrected chi connectivity index (χ1v) is 7.81. The van der Waals surface area contributed by atoms with E-state index in [2.05, 4.69) is 15.6 Å². The molecule has 0 fully saturated rings. The average molecular weight is 345 g/mol. The zero-order chi connectivity index (χ0) is 18.4. The van der Waals surface area contributed by atoms with Gasteiger partial charge in [-0.3, -0.25) is 9.55 Å². The molecule has 0 bridgehead atoms. The van der Waals surface area contributed by atoms with Crippen LogP contribution in [0.5, 0.6) is 5.75 Å². The summed E-state index contributed by atoms with van der Waals surface area (Å²) in [7, 11) is 1.67. The van der Waals surface area contributed by atoms with Crippen molar-refractivity contribution in [2.45, 2.75) is 0 Å². The predicted octanol–water partition coefficient (Wildman–Crippen LogP) is 3.51. The molecule has 6 heteroatoms. The fourth-order valence-electron chi connectivity index (χ4n) is 2.69. The Morgan fingerprint density at radius 3 is 2.27 bits per heavy atom. The summed E-state index contributed by atoms with van der Waals surface area (Å²) >= 11 is 0. The number of benzene rings is 2. The molecule has 4 aromatic rings. The molecule has 0 saturated carbocycles. The van der Waals surface area contributed by atoms with Crippen LogP contribution in [0.3, 0.4) is 0 Å². The molecule has 4 rings (SSSR count). The molecule has 2 aromatic heterocycles. The summed E-state index contributed by atoms with van der Waals surface area (Å²) in [4.78, 5) is 25.5. The summed E-state index contributed by atoms with van der Waals surface area (Å²) < 4.78 is 7.37. The molecule has 0 unspecified atom stereocenters. The van der Waals surface area contributed by atoms with Gasteiger partial charge in [-0.25, -0.2) is 4.98 Å². The summed E-state index contributed by atoms with van der Waals surface area (Å²) in [5.41, 5.74) is 3.88. The maximum absolute atomic E-state index is 8.12. The zero-order valence-electron chi connectivity index (χ0n) is 14.0. The molecule has 2 heterocycles. The Hall–Kier alpha value is -3.76. The molecular weight excluding hydrogens is 330 g/mol. The summed E-state index contributed by atoms with van der Waals surface area (Å²) in [5, 5.41) is 0. The SMILES string of the molecule is COc1ccc(-n2c(-c3ccccn3)nc3ccccc32)cc1.O=C=O. The third-order valence-electron chi connectivity index (χ3n) is 3.79. The van der Waals surface area contributed by atoms with E-state index in [4.69, 9.17) is 19.3 Å². The van der Waals surface area contributed by atoms with Crippen molar-refractivity contribution in [2.75, 3.05) is 7.11 Å². The van der Waals surface area contributed by atoms with Crippen molar-refractivity contribution >= 4 is 17.2 Å². The Kier molecular flexibility index (Phi) is 5.17. The Morgan fingerprint density at radius 1 is 0.923 bits per heavy atom. The monoisotopic (exact) mass is 345 g/mol. The number of nitrogens with zero attached hydrogens (tertiary/aromatic N) is 3. The number of ether oxygens (including phenoxy) is 1. The van der Waals surface area contributed by atoms with Gasteiger partial charge in [-0.2, -0.15) is 9.59 Å². The molecule has 0 spiro atoms. The highest BCUT2D eigenvalue weighted by molar-refractivity contribution is 5.82. The molecule has 0 aliphatic heterocycles. The predicted molar refractivity (Wildman–Crippen MR) is 95.9 cm³/mol. The minimum Gasteiger partial charge on any atom is -0.497 e. The lowest BCUT2D eigenvalue weighted by Gasteiger charge is -2.09. The highest BCUT2D eigenvalue weighted by Crippen LogP contribution is 2.28. The number of imidazole rings is 1. The molecule has 0 atom stereocenters. The van der Waals surface area contributed by atoms with Gasteiger partial charge < -0.3 is 4.74 Å². The van der Waals surface area contributed by atoms with Crippen molar-refractivity contribution in [3.8, 4) is 23.0 Å². The molecule has 0 radical (unpaired) electrons. The van der Waals surface area contributed by atoms with Crippen LogP contribution in [0.4, 0.5) is 0 Å². The number of hydrogen-bond donors (Lipinski definition) is 0. The molecule has 0 aliphatic carbocycles. The van der Waals surface area contributed by atoms with E-state index in [-0.39, 0.29) is 6.15 Å². The van der Waals surface area contributed by atoms with Crippen LogP contribution in [0.1, 0.15) is 0 Å². The van der Waals surface area contributed by atoms with Gasteiger partial charge in [0.15, 0.2) is 5.82 Å². The van der Waals surface area contributed by atoms with Crippen LogP contribution in [0.25, 0.3) is 28.2 Å². The third-order valence-corrected chi connectivity index (χ3v) is 3.79. The Labute approximate surface area is 149 Å². The Morgan fingerprint density at radius 2 is 1.62 bits per heavy atom. The van der Waals surface area contributed by atoms with Crippen molar-refractivity contribution in [3.05, 3.63) is 72.9 Å². The summed E-state index contributed by atoms with van der Waals surface area (Å²) in [6, 6.07) is 21.9. The fraction of sp³-hybridized carbons (Fsp3) is 0.0500. The van der Waals surface area contributed by atoms with Crippen molar-refractivity contribution in [1.82, 2.24) is 14.5 Å². The molecule has 0 amide bonds.